The van der Waals surface area contributed by atoms with Crippen LogP contribution in [0.3, 0.4) is 0 Å². The van der Waals surface area contributed by atoms with E-state index in [2.05, 4.69) is 30.0 Å². The Morgan fingerprint density at radius 1 is 1.21 bits per heavy atom. The van der Waals surface area contributed by atoms with Crippen LogP contribution in [-0.2, 0) is 9.47 Å². The molecule has 2 N–H and O–H groups in total. The van der Waals surface area contributed by atoms with Gasteiger partial charge in [-0.15, -0.1) is 0 Å². The Balaban J connectivity index is 2.23. The Kier molecular flexibility index (Phi) is 4.80. The molecular formula is C15H24N2O2. The van der Waals surface area contributed by atoms with Gasteiger partial charge in [-0.1, -0.05) is 25.1 Å². The highest BCUT2D eigenvalue weighted by atomic mass is 16.5. The van der Waals surface area contributed by atoms with Gasteiger partial charge in [-0.3, -0.25) is 0 Å². The van der Waals surface area contributed by atoms with Crippen molar-refractivity contribution in [3.8, 4) is 0 Å². The SMILES string of the molecule is CC[C@H](N)c1ccccc1N1CC(OC)C(OC)C1. The summed E-state index contributed by atoms with van der Waals surface area (Å²) in [7, 11) is 3.48. The van der Waals surface area contributed by atoms with Crippen molar-refractivity contribution in [3.63, 3.8) is 0 Å². The third-order valence-electron chi connectivity index (χ3n) is 3.94. The number of methoxy groups -OCH3 is 2. The van der Waals surface area contributed by atoms with Gasteiger partial charge in [-0.05, 0) is 18.1 Å². The second-order valence-corrected chi connectivity index (χ2v) is 5.03. The molecule has 4 heteroatoms. The van der Waals surface area contributed by atoms with Crippen molar-refractivity contribution in [2.75, 3.05) is 32.2 Å². The van der Waals surface area contributed by atoms with Crippen molar-refractivity contribution in [2.45, 2.75) is 31.6 Å². The van der Waals surface area contributed by atoms with E-state index in [9.17, 15) is 0 Å². The Morgan fingerprint density at radius 2 is 1.79 bits per heavy atom. The average molecular weight is 264 g/mol. The number of benzene rings is 1. The summed E-state index contributed by atoms with van der Waals surface area (Å²) in [5.41, 5.74) is 8.62. The Morgan fingerprint density at radius 3 is 2.32 bits per heavy atom. The Labute approximate surface area is 115 Å². The van der Waals surface area contributed by atoms with E-state index < -0.39 is 0 Å². The van der Waals surface area contributed by atoms with Crippen LogP contribution in [0.15, 0.2) is 24.3 Å². The van der Waals surface area contributed by atoms with Crippen LogP contribution in [-0.4, -0.2) is 39.5 Å². The first kappa shape index (κ1) is 14.3. The number of ether oxygens (including phenoxy) is 2. The van der Waals surface area contributed by atoms with Crippen LogP contribution in [0.5, 0.6) is 0 Å². The molecule has 1 heterocycles. The number of nitrogens with two attached hydrogens (primary N) is 1. The quantitative estimate of drug-likeness (QED) is 0.883. The van der Waals surface area contributed by atoms with E-state index in [0.29, 0.717) is 0 Å². The smallest absolute Gasteiger partial charge is 0.102 e. The standard InChI is InChI=1S/C15H24N2O2/c1-4-12(16)11-7-5-6-8-13(11)17-9-14(18-2)15(10-17)19-3/h5-8,12,14-15H,4,9-10,16H2,1-3H3/t12-,14?,15?/m0/s1. The average Bonchev–Trinajstić information content (AvgIpc) is 2.89. The minimum atomic E-state index is 0.0822. The van der Waals surface area contributed by atoms with Gasteiger partial charge in [0.2, 0.25) is 0 Å². The van der Waals surface area contributed by atoms with E-state index in [1.54, 1.807) is 14.2 Å². The highest BCUT2D eigenvalue weighted by molar-refractivity contribution is 5.56. The third kappa shape index (κ3) is 2.91. The highest BCUT2D eigenvalue weighted by Crippen LogP contribution is 2.30. The van der Waals surface area contributed by atoms with Gasteiger partial charge in [0.05, 0.1) is 0 Å². The maximum atomic E-state index is 6.21. The lowest BCUT2D eigenvalue weighted by atomic mass is 10.0. The molecule has 0 spiro atoms. The molecule has 106 valence electrons. The van der Waals surface area contributed by atoms with E-state index in [1.807, 2.05) is 6.07 Å². The molecule has 0 bridgehead atoms. The first-order valence-corrected chi connectivity index (χ1v) is 6.86. The van der Waals surface area contributed by atoms with Gasteiger partial charge < -0.3 is 20.1 Å². The lowest BCUT2D eigenvalue weighted by molar-refractivity contribution is -0.00461. The summed E-state index contributed by atoms with van der Waals surface area (Å²) >= 11 is 0. The van der Waals surface area contributed by atoms with Crippen molar-refractivity contribution in [3.05, 3.63) is 29.8 Å². The first-order chi connectivity index (χ1) is 9.21. The molecule has 3 atom stereocenters. The van der Waals surface area contributed by atoms with Gasteiger partial charge in [-0.25, -0.2) is 0 Å². The van der Waals surface area contributed by atoms with Crippen LogP contribution in [0.25, 0.3) is 0 Å². The summed E-state index contributed by atoms with van der Waals surface area (Å²) < 4.78 is 11.0. The van der Waals surface area contributed by atoms with E-state index in [4.69, 9.17) is 15.2 Å². The number of nitrogens with zero attached hydrogens (tertiary/aromatic N) is 1. The van der Waals surface area contributed by atoms with Gasteiger partial charge >= 0.3 is 0 Å². The summed E-state index contributed by atoms with van der Waals surface area (Å²) in [6.07, 6.45) is 1.18. The zero-order valence-corrected chi connectivity index (χ0v) is 12.0. The molecular weight excluding hydrogens is 240 g/mol. The van der Waals surface area contributed by atoms with Gasteiger partial charge in [0.1, 0.15) is 12.2 Å². The molecule has 1 fully saturated rings. The molecule has 4 nitrogen and oxygen atoms in total. The van der Waals surface area contributed by atoms with Crippen LogP contribution in [0.1, 0.15) is 24.9 Å². The van der Waals surface area contributed by atoms with Crippen molar-refractivity contribution in [1.82, 2.24) is 0 Å². The van der Waals surface area contributed by atoms with E-state index in [0.717, 1.165) is 19.5 Å². The number of para-hydroxylation sites is 1. The van der Waals surface area contributed by atoms with Crippen molar-refractivity contribution in [1.29, 1.82) is 0 Å². The molecule has 0 radical (unpaired) electrons. The fourth-order valence-corrected chi connectivity index (χ4v) is 2.70. The predicted octanol–water partition coefficient (Wildman–Crippen LogP) is 1.95. The summed E-state index contributed by atoms with van der Waals surface area (Å²) in [5, 5.41) is 0. The molecule has 1 aromatic carbocycles. The maximum absolute atomic E-state index is 6.21. The number of anilines is 1. The molecule has 19 heavy (non-hydrogen) atoms. The molecule has 0 amide bonds. The van der Waals surface area contributed by atoms with Crippen LogP contribution in [0.4, 0.5) is 5.69 Å². The van der Waals surface area contributed by atoms with Crippen molar-refractivity contribution >= 4 is 5.69 Å². The van der Waals surface area contributed by atoms with Gasteiger partial charge in [0, 0.05) is 39.0 Å². The molecule has 1 saturated heterocycles. The zero-order chi connectivity index (χ0) is 13.8. The third-order valence-corrected chi connectivity index (χ3v) is 3.94. The summed E-state index contributed by atoms with van der Waals surface area (Å²) in [6.45, 7) is 3.81. The second-order valence-electron chi connectivity index (χ2n) is 5.03. The fourth-order valence-electron chi connectivity index (χ4n) is 2.70. The molecule has 1 aliphatic rings. The largest absolute Gasteiger partial charge is 0.377 e. The molecule has 2 unspecified atom stereocenters. The number of hydrogen-bond donors (Lipinski definition) is 1. The minimum Gasteiger partial charge on any atom is -0.377 e. The monoisotopic (exact) mass is 264 g/mol. The Hall–Kier alpha value is -1.10. The van der Waals surface area contributed by atoms with Crippen molar-refractivity contribution < 1.29 is 9.47 Å². The predicted molar refractivity (Wildman–Crippen MR) is 77.5 cm³/mol. The van der Waals surface area contributed by atoms with E-state index in [1.165, 1.54) is 11.3 Å². The number of hydrogen-bond acceptors (Lipinski definition) is 4. The van der Waals surface area contributed by atoms with Crippen LogP contribution in [0.2, 0.25) is 0 Å². The lowest BCUT2D eigenvalue weighted by Crippen LogP contribution is -2.27. The minimum absolute atomic E-state index is 0.0822. The van der Waals surface area contributed by atoms with Gasteiger partial charge in [0.25, 0.3) is 0 Å². The van der Waals surface area contributed by atoms with Crippen LogP contribution < -0.4 is 10.6 Å². The topological polar surface area (TPSA) is 47.7 Å². The lowest BCUT2D eigenvalue weighted by Gasteiger charge is -2.24. The zero-order valence-electron chi connectivity index (χ0n) is 12.0. The van der Waals surface area contributed by atoms with Crippen LogP contribution >= 0.6 is 0 Å². The molecule has 0 aliphatic carbocycles. The summed E-state index contributed by atoms with van der Waals surface area (Å²) in [5.74, 6) is 0. The normalized spacial score (nSPS) is 24.7. The second kappa shape index (κ2) is 6.37. The molecule has 1 aliphatic heterocycles. The van der Waals surface area contributed by atoms with Gasteiger partial charge in [-0.2, -0.15) is 0 Å². The molecule has 2 rings (SSSR count). The maximum Gasteiger partial charge on any atom is 0.102 e. The molecule has 0 aromatic heterocycles. The van der Waals surface area contributed by atoms with E-state index in [-0.39, 0.29) is 18.2 Å². The van der Waals surface area contributed by atoms with Gasteiger partial charge in [0.15, 0.2) is 0 Å². The summed E-state index contributed by atoms with van der Waals surface area (Å²) in [6, 6.07) is 8.44. The van der Waals surface area contributed by atoms with Crippen LogP contribution in [0, 0.1) is 0 Å². The molecule has 0 saturated carbocycles. The van der Waals surface area contributed by atoms with E-state index >= 15 is 0 Å². The van der Waals surface area contributed by atoms with Crippen molar-refractivity contribution in [2.24, 2.45) is 5.73 Å². The number of rotatable bonds is 5. The molecule has 1 aromatic rings. The highest BCUT2D eigenvalue weighted by Gasteiger charge is 2.34. The fraction of sp³-hybridized carbons (Fsp3) is 0.600. The summed E-state index contributed by atoms with van der Waals surface area (Å²) in [4.78, 5) is 2.31. The first-order valence-electron chi connectivity index (χ1n) is 6.86. The Bertz CT molecular complexity index is 399.